The Morgan fingerprint density at radius 3 is 2.28 bits per heavy atom. The zero-order valence-electron chi connectivity index (χ0n) is 18.8. The van der Waals surface area contributed by atoms with Crippen LogP contribution < -0.4 is 5.32 Å². The second kappa shape index (κ2) is 13.5. The lowest BCUT2D eigenvalue weighted by atomic mass is 10.1. The van der Waals surface area contributed by atoms with E-state index in [9.17, 15) is 0 Å². The number of hydrogen-bond donors (Lipinski definition) is 1. The number of morpholine rings is 1. The van der Waals surface area contributed by atoms with Crippen molar-refractivity contribution in [2.24, 2.45) is 0 Å². The predicted octanol–water partition coefficient (Wildman–Crippen LogP) is 3.73. The van der Waals surface area contributed by atoms with Gasteiger partial charge in [0.2, 0.25) is 0 Å². The molecular formula is C25H39N3O. The summed E-state index contributed by atoms with van der Waals surface area (Å²) in [5.41, 5.74) is 5.52. The maximum atomic E-state index is 5.33. The number of likely N-dealkylation sites (N-methyl/N-ethyl adjacent to an activating group) is 1. The second-order valence-electron chi connectivity index (χ2n) is 8.03. The third-order valence-corrected chi connectivity index (χ3v) is 5.09. The van der Waals surface area contributed by atoms with Gasteiger partial charge in [-0.1, -0.05) is 61.0 Å². The van der Waals surface area contributed by atoms with Crippen LogP contribution in [-0.2, 0) is 24.2 Å². The van der Waals surface area contributed by atoms with E-state index in [2.05, 4.69) is 91.6 Å². The summed E-state index contributed by atoms with van der Waals surface area (Å²) < 4.78 is 5.33. The van der Waals surface area contributed by atoms with Gasteiger partial charge in [-0.2, -0.15) is 0 Å². The smallest absolute Gasteiger partial charge is 0.0594 e. The van der Waals surface area contributed by atoms with Crippen LogP contribution in [0, 0.1) is 6.92 Å². The zero-order chi connectivity index (χ0) is 20.9. The van der Waals surface area contributed by atoms with E-state index in [1.54, 1.807) is 0 Å². The Hall–Kier alpha value is -1.72. The SMILES string of the molecule is CCc1ccc(CN2CCOCC2)cc1.Cc1cccc(CNCCN(C)C)c1. The number of nitrogens with zero attached hydrogens (tertiary/aromatic N) is 2. The predicted molar refractivity (Wildman–Crippen MR) is 123 cm³/mol. The molecule has 1 aliphatic rings. The van der Waals surface area contributed by atoms with E-state index in [-0.39, 0.29) is 0 Å². The van der Waals surface area contributed by atoms with E-state index < -0.39 is 0 Å². The van der Waals surface area contributed by atoms with Gasteiger partial charge in [0.05, 0.1) is 13.2 Å². The Balaban J connectivity index is 0.000000208. The summed E-state index contributed by atoms with van der Waals surface area (Å²) in [6.07, 6.45) is 1.12. The van der Waals surface area contributed by atoms with Crippen molar-refractivity contribution < 1.29 is 4.74 Å². The molecule has 0 unspecified atom stereocenters. The standard InChI is InChI=1S/C13H19NO.C12H20N2/c1-2-12-3-5-13(6-4-12)11-14-7-9-15-10-8-14;1-11-5-4-6-12(9-11)10-13-7-8-14(2)3/h3-6H,2,7-11H2,1H3;4-6,9,13H,7-8,10H2,1-3H3. The number of aryl methyl sites for hydroxylation is 2. The third-order valence-electron chi connectivity index (χ3n) is 5.09. The summed E-state index contributed by atoms with van der Waals surface area (Å²) in [5, 5.41) is 3.42. The molecule has 2 aromatic carbocycles. The Kier molecular flexibility index (Phi) is 11.0. The zero-order valence-corrected chi connectivity index (χ0v) is 18.8. The topological polar surface area (TPSA) is 27.7 Å². The van der Waals surface area contributed by atoms with Crippen LogP contribution in [0.1, 0.15) is 29.2 Å². The molecule has 29 heavy (non-hydrogen) atoms. The average Bonchev–Trinajstić information content (AvgIpc) is 2.73. The van der Waals surface area contributed by atoms with Gasteiger partial charge in [-0.05, 0) is 44.1 Å². The number of hydrogen-bond acceptors (Lipinski definition) is 4. The molecule has 0 amide bonds. The van der Waals surface area contributed by atoms with Gasteiger partial charge in [0.1, 0.15) is 0 Å². The maximum absolute atomic E-state index is 5.33. The van der Waals surface area contributed by atoms with Crippen LogP contribution in [0.25, 0.3) is 0 Å². The second-order valence-corrected chi connectivity index (χ2v) is 8.03. The molecule has 0 aromatic heterocycles. The Morgan fingerprint density at radius 2 is 1.66 bits per heavy atom. The fourth-order valence-corrected chi connectivity index (χ4v) is 3.26. The van der Waals surface area contributed by atoms with Crippen molar-refractivity contribution in [2.75, 3.05) is 53.5 Å². The molecule has 0 spiro atoms. The first-order valence-corrected chi connectivity index (χ1v) is 10.9. The van der Waals surface area contributed by atoms with E-state index in [1.165, 1.54) is 22.3 Å². The molecule has 0 atom stereocenters. The van der Waals surface area contributed by atoms with Crippen molar-refractivity contribution in [1.29, 1.82) is 0 Å². The monoisotopic (exact) mass is 397 g/mol. The molecule has 1 aliphatic heterocycles. The largest absolute Gasteiger partial charge is 0.379 e. The van der Waals surface area contributed by atoms with Crippen LogP contribution >= 0.6 is 0 Å². The van der Waals surface area contributed by atoms with Gasteiger partial charge in [-0.25, -0.2) is 0 Å². The van der Waals surface area contributed by atoms with Crippen molar-refractivity contribution in [3.63, 3.8) is 0 Å². The highest BCUT2D eigenvalue weighted by atomic mass is 16.5. The molecule has 2 aromatic rings. The van der Waals surface area contributed by atoms with Gasteiger partial charge in [0.15, 0.2) is 0 Å². The number of rotatable bonds is 8. The number of ether oxygens (including phenoxy) is 1. The Morgan fingerprint density at radius 1 is 0.966 bits per heavy atom. The lowest BCUT2D eigenvalue weighted by molar-refractivity contribution is 0.0342. The molecule has 0 saturated carbocycles. The number of nitrogens with one attached hydrogen (secondary N) is 1. The minimum absolute atomic E-state index is 0.882. The van der Waals surface area contributed by atoms with Crippen molar-refractivity contribution in [3.05, 3.63) is 70.8 Å². The fraction of sp³-hybridized carbons (Fsp3) is 0.520. The van der Waals surface area contributed by atoms with Gasteiger partial charge >= 0.3 is 0 Å². The van der Waals surface area contributed by atoms with Crippen molar-refractivity contribution >= 4 is 0 Å². The van der Waals surface area contributed by atoms with Crippen molar-refractivity contribution in [2.45, 2.75) is 33.4 Å². The molecule has 0 aliphatic carbocycles. The molecule has 1 N–H and O–H groups in total. The lowest BCUT2D eigenvalue weighted by Crippen LogP contribution is -2.35. The molecule has 3 rings (SSSR count). The van der Waals surface area contributed by atoms with Gasteiger partial charge in [-0.3, -0.25) is 4.90 Å². The molecule has 0 bridgehead atoms. The first-order chi connectivity index (χ1) is 14.1. The first-order valence-electron chi connectivity index (χ1n) is 10.9. The fourth-order valence-electron chi connectivity index (χ4n) is 3.26. The van der Waals surface area contributed by atoms with Crippen LogP contribution in [0.4, 0.5) is 0 Å². The van der Waals surface area contributed by atoms with Gasteiger partial charge in [0.25, 0.3) is 0 Å². The van der Waals surface area contributed by atoms with E-state index in [1.807, 2.05) is 0 Å². The molecule has 160 valence electrons. The maximum Gasteiger partial charge on any atom is 0.0594 e. The summed E-state index contributed by atoms with van der Waals surface area (Å²) in [6, 6.07) is 17.6. The van der Waals surface area contributed by atoms with Gasteiger partial charge in [0, 0.05) is 39.3 Å². The normalized spacial score (nSPS) is 14.5. The summed E-state index contributed by atoms with van der Waals surface area (Å²) >= 11 is 0. The quantitative estimate of drug-likeness (QED) is 0.687. The number of benzene rings is 2. The van der Waals surface area contributed by atoms with Crippen LogP contribution in [0.3, 0.4) is 0 Å². The summed E-state index contributed by atoms with van der Waals surface area (Å²) in [4.78, 5) is 4.63. The van der Waals surface area contributed by atoms with Crippen molar-refractivity contribution in [1.82, 2.24) is 15.1 Å². The van der Waals surface area contributed by atoms with E-state index in [0.717, 1.165) is 58.9 Å². The van der Waals surface area contributed by atoms with Gasteiger partial charge in [-0.15, -0.1) is 0 Å². The molecule has 1 heterocycles. The first kappa shape index (κ1) is 23.6. The molecule has 1 fully saturated rings. The molecular weight excluding hydrogens is 358 g/mol. The van der Waals surface area contributed by atoms with Gasteiger partial charge < -0.3 is 15.0 Å². The summed E-state index contributed by atoms with van der Waals surface area (Å²) in [7, 11) is 4.18. The van der Waals surface area contributed by atoms with E-state index >= 15 is 0 Å². The molecule has 4 heteroatoms. The lowest BCUT2D eigenvalue weighted by Gasteiger charge is -2.26. The highest BCUT2D eigenvalue weighted by molar-refractivity contribution is 5.23. The highest BCUT2D eigenvalue weighted by Gasteiger charge is 2.10. The Labute approximate surface area is 177 Å². The van der Waals surface area contributed by atoms with Crippen LogP contribution in [0.2, 0.25) is 0 Å². The van der Waals surface area contributed by atoms with E-state index in [0.29, 0.717) is 0 Å². The summed E-state index contributed by atoms with van der Waals surface area (Å²) in [6.45, 7) is 12.4. The molecule has 1 saturated heterocycles. The summed E-state index contributed by atoms with van der Waals surface area (Å²) in [5.74, 6) is 0. The minimum atomic E-state index is 0.882. The molecule has 0 radical (unpaired) electrons. The van der Waals surface area contributed by atoms with Crippen LogP contribution in [0.5, 0.6) is 0 Å². The van der Waals surface area contributed by atoms with Crippen LogP contribution in [0.15, 0.2) is 48.5 Å². The third kappa shape index (κ3) is 10.0. The highest BCUT2D eigenvalue weighted by Crippen LogP contribution is 2.09. The minimum Gasteiger partial charge on any atom is -0.379 e. The van der Waals surface area contributed by atoms with Crippen LogP contribution in [-0.4, -0.2) is 63.3 Å². The van der Waals surface area contributed by atoms with E-state index in [4.69, 9.17) is 4.74 Å². The Bertz CT molecular complexity index is 679. The molecule has 4 nitrogen and oxygen atoms in total. The van der Waals surface area contributed by atoms with Crippen molar-refractivity contribution in [3.8, 4) is 0 Å². The average molecular weight is 398 g/mol.